The van der Waals surface area contributed by atoms with E-state index in [1.54, 1.807) is 6.26 Å². The third-order valence-electron chi connectivity index (χ3n) is 3.31. The Kier molecular flexibility index (Phi) is 3.44. The summed E-state index contributed by atoms with van der Waals surface area (Å²) in [5.74, 6) is 1.78. The molecule has 0 spiro atoms. The van der Waals surface area contributed by atoms with Crippen molar-refractivity contribution in [3.63, 3.8) is 0 Å². The van der Waals surface area contributed by atoms with Gasteiger partial charge in [0.15, 0.2) is 0 Å². The van der Waals surface area contributed by atoms with Crippen molar-refractivity contribution in [2.45, 2.75) is 18.9 Å². The predicted molar refractivity (Wildman–Crippen MR) is 60.7 cm³/mol. The van der Waals surface area contributed by atoms with Gasteiger partial charge in [-0.15, -0.1) is 0 Å². The molecule has 84 valence electrons. The Hall–Kier alpha value is -0.800. The maximum absolute atomic E-state index is 5.55. The molecule has 3 nitrogen and oxygen atoms in total. The largest absolute Gasteiger partial charge is 0.468 e. The van der Waals surface area contributed by atoms with Crippen LogP contribution in [0.25, 0.3) is 0 Å². The Morgan fingerprint density at radius 2 is 2.47 bits per heavy atom. The van der Waals surface area contributed by atoms with Crippen molar-refractivity contribution in [3.8, 4) is 0 Å². The van der Waals surface area contributed by atoms with Gasteiger partial charge in [-0.1, -0.05) is 0 Å². The molecule has 1 aromatic rings. The van der Waals surface area contributed by atoms with Crippen LogP contribution in [0.2, 0.25) is 0 Å². The smallest absolute Gasteiger partial charge is 0.121 e. The summed E-state index contributed by atoms with van der Waals surface area (Å²) >= 11 is 0. The van der Waals surface area contributed by atoms with E-state index in [1.165, 1.54) is 19.4 Å². The van der Waals surface area contributed by atoms with E-state index < -0.39 is 0 Å². The molecule has 2 unspecified atom stereocenters. The summed E-state index contributed by atoms with van der Waals surface area (Å²) in [5, 5.41) is 3.28. The van der Waals surface area contributed by atoms with Crippen molar-refractivity contribution in [1.82, 2.24) is 10.2 Å². The van der Waals surface area contributed by atoms with E-state index in [1.807, 2.05) is 13.1 Å². The van der Waals surface area contributed by atoms with Gasteiger partial charge in [0.1, 0.15) is 5.76 Å². The van der Waals surface area contributed by atoms with Crippen LogP contribution < -0.4 is 5.32 Å². The van der Waals surface area contributed by atoms with Crippen LogP contribution in [0.15, 0.2) is 22.8 Å². The summed E-state index contributed by atoms with van der Waals surface area (Å²) in [7, 11) is 4.21. The second kappa shape index (κ2) is 4.81. The molecule has 3 heteroatoms. The topological polar surface area (TPSA) is 28.4 Å². The molecule has 2 atom stereocenters. The SMILES string of the molecule is CNCC1CCCN(C)C1c1ccco1. The minimum Gasteiger partial charge on any atom is -0.468 e. The average Bonchev–Trinajstić information content (AvgIpc) is 2.71. The van der Waals surface area contributed by atoms with Gasteiger partial charge < -0.3 is 9.73 Å². The van der Waals surface area contributed by atoms with Gasteiger partial charge in [0.25, 0.3) is 0 Å². The van der Waals surface area contributed by atoms with Gasteiger partial charge >= 0.3 is 0 Å². The first-order chi connectivity index (χ1) is 7.33. The molecule has 1 aliphatic heterocycles. The highest BCUT2D eigenvalue weighted by atomic mass is 16.3. The molecule has 0 aromatic carbocycles. The van der Waals surface area contributed by atoms with Crippen molar-refractivity contribution in [1.29, 1.82) is 0 Å². The molecule has 1 saturated heterocycles. The van der Waals surface area contributed by atoms with Crippen molar-refractivity contribution in [3.05, 3.63) is 24.2 Å². The van der Waals surface area contributed by atoms with Crippen molar-refractivity contribution in [2.24, 2.45) is 5.92 Å². The molecule has 2 rings (SSSR count). The summed E-state index contributed by atoms with van der Waals surface area (Å²) in [6, 6.07) is 4.52. The fraction of sp³-hybridized carbons (Fsp3) is 0.667. The number of rotatable bonds is 3. The Labute approximate surface area is 91.4 Å². The zero-order valence-corrected chi connectivity index (χ0v) is 9.57. The van der Waals surface area contributed by atoms with E-state index >= 15 is 0 Å². The zero-order valence-electron chi connectivity index (χ0n) is 9.57. The lowest BCUT2D eigenvalue weighted by Crippen LogP contribution is -2.39. The zero-order chi connectivity index (χ0) is 10.7. The maximum atomic E-state index is 5.55. The lowest BCUT2D eigenvalue weighted by Gasteiger charge is -2.37. The first-order valence-electron chi connectivity index (χ1n) is 5.71. The molecule has 1 fully saturated rings. The summed E-state index contributed by atoms with van der Waals surface area (Å²) in [4.78, 5) is 2.41. The second-order valence-corrected chi connectivity index (χ2v) is 4.40. The van der Waals surface area contributed by atoms with Crippen molar-refractivity contribution in [2.75, 3.05) is 27.2 Å². The number of likely N-dealkylation sites (tertiary alicyclic amines) is 1. The van der Waals surface area contributed by atoms with Crippen LogP contribution in [-0.2, 0) is 0 Å². The molecular weight excluding hydrogens is 188 g/mol. The van der Waals surface area contributed by atoms with Crippen LogP contribution >= 0.6 is 0 Å². The first-order valence-corrected chi connectivity index (χ1v) is 5.71. The van der Waals surface area contributed by atoms with Crippen LogP contribution in [0.4, 0.5) is 0 Å². The number of nitrogens with one attached hydrogen (secondary N) is 1. The molecule has 1 aliphatic rings. The Balaban J connectivity index is 2.15. The predicted octanol–water partition coefficient (Wildman–Crippen LogP) is 1.88. The van der Waals surface area contributed by atoms with E-state index in [9.17, 15) is 0 Å². The quantitative estimate of drug-likeness (QED) is 0.822. The van der Waals surface area contributed by atoms with Crippen LogP contribution in [0, 0.1) is 5.92 Å². The van der Waals surface area contributed by atoms with Crippen molar-refractivity contribution >= 4 is 0 Å². The molecule has 1 N–H and O–H groups in total. The monoisotopic (exact) mass is 208 g/mol. The van der Waals surface area contributed by atoms with E-state index in [4.69, 9.17) is 4.42 Å². The van der Waals surface area contributed by atoms with E-state index in [-0.39, 0.29) is 0 Å². The minimum absolute atomic E-state index is 0.446. The molecular formula is C12H20N2O. The Morgan fingerprint density at radius 1 is 1.60 bits per heavy atom. The number of piperidine rings is 1. The number of furan rings is 1. The molecule has 0 bridgehead atoms. The standard InChI is InChI=1S/C12H20N2O/c1-13-9-10-5-3-7-14(2)12(10)11-6-4-8-15-11/h4,6,8,10,12-13H,3,5,7,9H2,1-2H3. The summed E-state index contributed by atoms with van der Waals surface area (Å²) in [6.07, 6.45) is 4.35. The summed E-state index contributed by atoms with van der Waals surface area (Å²) in [6.45, 7) is 2.24. The van der Waals surface area contributed by atoms with E-state index in [0.717, 1.165) is 12.3 Å². The lowest BCUT2D eigenvalue weighted by molar-refractivity contribution is 0.102. The number of nitrogens with zero attached hydrogens (tertiary/aromatic N) is 1. The van der Waals surface area contributed by atoms with Crippen LogP contribution in [0.1, 0.15) is 24.6 Å². The van der Waals surface area contributed by atoms with Gasteiger partial charge in [-0.05, 0) is 58.1 Å². The normalized spacial score (nSPS) is 28.1. The van der Waals surface area contributed by atoms with Gasteiger partial charge in [0, 0.05) is 0 Å². The van der Waals surface area contributed by atoms with E-state index in [2.05, 4.69) is 23.3 Å². The van der Waals surface area contributed by atoms with Gasteiger partial charge in [0.2, 0.25) is 0 Å². The maximum Gasteiger partial charge on any atom is 0.121 e. The molecule has 15 heavy (non-hydrogen) atoms. The van der Waals surface area contributed by atoms with Gasteiger partial charge in [0.05, 0.1) is 12.3 Å². The highest BCUT2D eigenvalue weighted by Crippen LogP contribution is 2.34. The second-order valence-electron chi connectivity index (χ2n) is 4.40. The fourth-order valence-electron chi connectivity index (χ4n) is 2.64. The van der Waals surface area contributed by atoms with Crippen molar-refractivity contribution < 1.29 is 4.42 Å². The van der Waals surface area contributed by atoms with Gasteiger partial charge in [-0.2, -0.15) is 0 Å². The molecule has 2 heterocycles. The average molecular weight is 208 g/mol. The number of hydrogen-bond acceptors (Lipinski definition) is 3. The third kappa shape index (κ3) is 2.24. The molecule has 0 aliphatic carbocycles. The Morgan fingerprint density at radius 3 is 3.13 bits per heavy atom. The Bertz CT molecular complexity index is 282. The van der Waals surface area contributed by atoms with Crippen LogP contribution in [0.5, 0.6) is 0 Å². The van der Waals surface area contributed by atoms with Gasteiger partial charge in [-0.25, -0.2) is 0 Å². The lowest BCUT2D eigenvalue weighted by atomic mass is 9.88. The van der Waals surface area contributed by atoms with Gasteiger partial charge in [-0.3, -0.25) is 4.90 Å². The molecule has 0 radical (unpaired) electrons. The molecule has 0 saturated carbocycles. The molecule has 0 amide bonds. The highest BCUT2D eigenvalue weighted by molar-refractivity contribution is 5.07. The number of hydrogen-bond donors (Lipinski definition) is 1. The van der Waals surface area contributed by atoms with Crippen LogP contribution in [-0.4, -0.2) is 32.1 Å². The molecule has 1 aromatic heterocycles. The minimum atomic E-state index is 0.446. The van der Waals surface area contributed by atoms with E-state index in [0.29, 0.717) is 12.0 Å². The third-order valence-corrected chi connectivity index (χ3v) is 3.31. The highest BCUT2D eigenvalue weighted by Gasteiger charge is 2.31. The first kappa shape index (κ1) is 10.7. The summed E-state index contributed by atoms with van der Waals surface area (Å²) < 4.78 is 5.55. The van der Waals surface area contributed by atoms with Crippen LogP contribution in [0.3, 0.4) is 0 Å². The summed E-state index contributed by atoms with van der Waals surface area (Å²) in [5.41, 5.74) is 0. The fourth-order valence-corrected chi connectivity index (χ4v) is 2.64.